The molecule has 1 saturated heterocycles. The Balaban J connectivity index is 1.57. The topological polar surface area (TPSA) is 40.6 Å². The lowest BCUT2D eigenvalue weighted by molar-refractivity contribution is 0.184. The summed E-state index contributed by atoms with van der Waals surface area (Å²) >= 11 is 7.57. The molecule has 2 heterocycles. The fourth-order valence-electron chi connectivity index (χ4n) is 2.59. The molecule has 4 nitrogen and oxygen atoms in total. The number of hydrogen-bond donors (Lipinski definition) is 0. The van der Waals surface area contributed by atoms with Crippen molar-refractivity contribution in [3.05, 3.63) is 62.6 Å². The van der Waals surface area contributed by atoms with Gasteiger partial charge in [-0.15, -0.1) is 11.3 Å². The van der Waals surface area contributed by atoms with Gasteiger partial charge in [-0.05, 0) is 35.2 Å². The highest BCUT2D eigenvalue weighted by molar-refractivity contribution is 7.92. The van der Waals surface area contributed by atoms with Gasteiger partial charge in [0.25, 0.3) is 0 Å². The van der Waals surface area contributed by atoms with E-state index in [0.717, 1.165) is 25.2 Å². The molecule has 0 N–H and O–H groups in total. The molecule has 2 aromatic rings. The molecule has 0 bridgehead atoms. The molecule has 1 aliphatic rings. The van der Waals surface area contributed by atoms with Crippen LogP contribution in [0.1, 0.15) is 10.4 Å². The van der Waals surface area contributed by atoms with Crippen LogP contribution in [0, 0.1) is 0 Å². The van der Waals surface area contributed by atoms with Gasteiger partial charge in [0, 0.05) is 48.0 Å². The summed E-state index contributed by atoms with van der Waals surface area (Å²) < 4.78 is 26.4. The van der Waals surface area contributed by atoms with Gasteiger partial charge in [-0.3, -0.25) is 4.90 Å². The highest BCUT2D eigenvalue weighted by Gasteiger charge is 2.25. The lowest BCUT2D eigenvalue weighted by Crippen LogP contribution is -2.47. The molecule has 0 radical (unpaired) electrons. The number of benzene rings is 1. The molecule has 24 heavy (non-hydrogen) atoms. The first kappa shape index (κ1) is 17.6. The Labute approximate surface area is 152 Å². The number of sulfonamides is 1. The first-order valence-electron chi connectivity index (χ1n) is 7.71. The summed E-state index contributed by atoms with van der Waals surface area (Å²) in [4.78, 5) is 3.61. The largest absolute Gasteiger partial charge is 0.296 e. The van der Waals surface area contributed by atoms with E-state index < -0.39 is 10.0 Å². The van der Waals surface area contributed by atoms with Crippen molar-refractivity contribution < 1.29 is 8.42 Å². The summed E-state index contributed by atoms with van der Waals surface area (Å²) in [7, 11) is -3.38. The zero-order valence-corrected chi connectivity index (χ0v) is 15.5. The van der Waals surface area contributed by atoms with E-state index >= 15 is 0 Å². The van der Waals surface area contributed by atoms with Gasteiger partial charge in [0.05, 0.1) is 0 Å². The van der Waals surface area contributed by atoms with Crippen LogP contribution in [0.2, 0.25) is 5.02 Å². The molecule has 128 valence electrons. The number of nitrogens with zero attached hydrogens (tertiary/aromatic N) is 2. The average Bonchev–Trinajstić information content (AvgIpc) is 3.08. The second-order valence-corrected chi connectivity index (χ2v) is 8.94. The van der Waals surface area contributed by atoms with Crippen molar-refractivity contribution in [1.82, 2.24) is 9.21 Å². The fourth-order valence-corrected chi connectivity index (χ4v) is 4.64. The number of hydrogen-bond acceptors (Lipinski definition) is 4. The van der Waals surface area contributed by atoms with Gasteiger partial charge in [-0.2, -0.15) is 4.31 Å². The zero-order chi connectivity index (χ0) is 17.0. The van der Waals surface area contributed by atoms with Crippen molar-refractivity contribution in [3.63, 3.8) is 0 Å². The first-order chi connectivity index (χ1) is 11.5. The summed E-state index contributed by atoms with van der Waals surface area (Å²) in [5.41, 5.74) is 0.819. The smallest absolute Gasteiger partial charge is 0.236 e. The fraction of sp³-hybridized carbons (Fsp3) is 0.294. The molecule has 0 aliphatic carbocycles. The Morgan fingerprint density at radius 3 is 2.42 bits per heavy atom. The number of thiophene rings is 1. The average molecular weight is 383 g/mol. The number of halogens is 1. The monoisotopic (exact) mass is 382 g/mol. The molecule has 0 atom stereocenters. The van der Waals surface area contributed by atoms with Gasteiger partial charge in [0.1, 0.15) is 0 Å². The van der Waals surface area contributed by atoms with E-state index in [-0.39, 0.29) is 0 Å². The van der Waals surface area contributed by atoms with Gasteiger partial charge in [0.2, 0.25) is 10.0 Å². The van der Waals surface area contributed by atoms with Gasteiger partial charge >= 0.3 is 0 Å². The van der Waals surface area contributed by atoms with Gasteiger partial charge in [0.15, 0.2) is 0 Å². The van der Waals surface area contributed by atoms with Gasteiger partial charge in [-0.25, -0.2) is 8.42 Å². The summed E-state index contributed by atoms with van der Waals surface area (Å²) in [6.45, 7) is 3.46. The van der Waals surface area contributed by atoms with Gasteiger partial charge in [-0.1, -0.05) is 29.8 Å². The standard InChI is InChI=1S/C17H19ClN2O2S2/c18-16-5-3-15(4-6-16)7-13-24(21,22)20-10-8-19(9-11-20)14-17-2-1-12-23-17/h1-7,12-13H,8-11,14H2. The van der Waals surface area contributed by atoms with Crippen molar-refractivity contribution in [2.75, 3.05) is 26.2 Å². The van der Waals surface area contributed by atoms with Crippen molar-refractivity contribution in [2.45, 2.75) is 6.54 Å². The van der Waals surface area contributed by atoms with Crippen molar-refractivity contribution in [2.24, 2.45) is 0 Å². The van der Waals surface area contributed by atoms with Crippen molar-refractivity contribution in [1.29, 1.82) is 0 Å². The summed E-state index contributed by atoms with van der Waals surface area (Å²) in [5.74, 6) is 0. The Bertz CT molecular complexity index is 779. The van der Waals surface area contributed by atoms with Crippen molar-refractivity contribution in [3.8, 4) is 0 Å². The molecule has 0 spiro atoms. The molecule has 1 aromatic carbocycles. The van der Waals surface area contributed by atoms with Crippen molar-refractivity contribution >= 4 is 39.0 Å². The van der Waals surface area contributed by atoms with E-state index in [0.29, 0.717) is 18.1 Å². The van der Waals surface area contributed by atoms with E-state index in [1.165, 1.54) is 10.3 Å². The quantitative estimate of drug-likeness (QED) is 0.794. The van der Waals surface area contributed by atoms with E-state index in [9.17, 15) is 8.42 Å². The lowest BCUT2D eigenvalue weighted by Gasteiger charge is -2.33. The highest BCUT2D eigenvalue weighted by Crippen LogP contribution is 2.16. The maximum atomic E-state index is 12.4. The Hall–Kier alpha value is -1.18. The Morgan fingerprint density at radius 2 is 1.79 bits per heavy atom. The zero-order valence-electron chi connectivity index (χ0n) is 13.1. The van der Waals surface area contributed by atoms with Crippen LogP contribution in [0.15, 0.2) is 47.2 Å². The van der Waals surface area contributed by atoms with Crippen LogP contribution in [0.3, 0.4) is 0 Å². The minimum atomic E-state index is -3.38. The van der Waals surface area contributed by atoms with Crippen LogP contribution < -0.4 is 0 Å². The van der Waals surface area contributed by atoms with Crippen LogP contribution in [0.4, 0.5) is 0 Å². The maximum absolute atomic E-state index is 12.4. The molecule has 3 rings (SSSR count). The molecule has 0 amide bonds. The summed E-state index contributed by atoms with van der Waals surface area (Å²) in [6.07, 6.45) is 1.61. The second kappa shape index (κ2) is 7.80. The molecule has 0 saturated carbocycles. The Kier molecular flexibility index (Phi) is 5.73. The van der Waals surface area contributed by atoms with Gasteiger partial charge < -0.3 is 0 Å². The SMILES string of the molecule is O=S(=O)(C=Cc1ccc(Cl)cc1)N1CCN(Cc2cccs2)CC1. The van der Waals surface area contributed by atoms with Crippen LogP contribution >= 0.6 is 22.9 Å². The molecule has 1 aromatic heterocycles. The predicted octanol–water partition coefficient (Wildman–Crippen LogP) is 3.52. The number of piperazine rings is 1. The Morgan fingerprint density at radius 1 is 1.08 bits per heavy atom. The lowest BCUT2D eigenvalue weighted by atomic mass is 10.2. The van der Waals surface area contributed by atoms with Crippen LogP contribution in [0.25, 0.3) is 6.08 Å². The molecular formula is C17H19ClN2O2S2. The third kappa shape index (κ3) is 4.68. The third-order valence-corrected chi connectivity index (χ3v) is 6.63. The van der Waals surface area contributed by atoms with Crippen LogP contribution in [0.5, 0.6) is 0 Å². The van der Waals surface area contributed by atoms with Crippen LogP contribution in [-0.4, -0.2) is 43.8 Å². The molecular weight excluding hydrogens is 364 g/mol. The minimum Gasteiger partial charge on any atom is -0.296 e. The molecule has 1 fully saturated rings. The van der Waals surface area contributed by atoms with E-state index in [1.54, 1.807) is 46.0 Å². The highest BCUT2D eigenvalue weighted by atomic mass is 35.5. The molecule has 1 aliphatic heterocycles. The normalized spacial score (nSPS) is 17.5. The minimum absolute atomic E-state index is 0.526. The molecule has 7 heteroatoms. The van der Waals surface area contributed by atoms with Crippen LogP contribution in [-0.2, 0) is 16.6 Å². The number of rotatable bonds is 5. The molecule has 0 unspecified atom stereocenters. The summed E-state index contributed by atoms with van der Waals surface area (Å²) in [6, 6.07) is 11.2. The van der Waals surface area contributed by atoms with E-state index in [1.807, 2.05) is 6.07 Å². The third-order valence-electron chi connectivity index (χ3n) is 3.95. The maximum Gasteiger partial charge on any atom is 0.236 e. The van der Waals surface area contributed by atoms with E-state index in [4.69, 9.17) is 11.6 Å². The second-order valence-electron chi connectivity index (χ2n) is 5.65. The first-order valence-corrected chi connectivity index (χ1v) is 10.5. The predicted molar refractivity (Wildman–Crippen MR) is 101 cm³/mol. The summed E-state index contributed by atoms with van der Waals surface area (Å²) in [5, 5.41) is 3.99. The van der Waals surface area contributed by atoms with E-state index in [2.05, 4.69) is 16.3 Å².